The molecule has 1 aromatic heterocycles. The van der Waals surface area contributed by atoms with Crippen LogP contribution in [0.5, 0.6) is 0 Å². The number of ether oxygens (including phenoxy) is 1. The Hall–Kier alpha value is -1.66. The average molecular weight is 305 g/mol. The number of aromatic nitrogens is 2. The summed E-state index contributed by atoms with van der Waals surface area (Å²) in [5.41, 5.74) is 0.902. The van der Waals surface area contributed by atoms with Crippen molar-refractivity contribution in [1.29, 1.82) is 0 Å². The van der Waals surface area contributed by atoms with Crippen LogP contribution in [0.3, 0.4) is 0 Å². The lowest BCUT2D eigenvalue weighted by atomic mass is 10.2. The van der Waals surface area contributed by atoms with Crippen molar-refractivity contribution in [2.24, 2.45) is 0 Å². The Morgan fingerprint density at radius 1 is 1.38 bits per heavy atom. The van der Waals surface area contributed by atoms with E-state index in [-0.39, 0.29) is 11.2 Å². The molecule has 0 bridgehead atoms. The van der Waals surface area contributed by atoms with E-state index in [1.54, 1.807) is 7.11 Å². The highest BCUT2D eigenvalue weighted by Crippen LogP contribution is 2.28. The minimum Gasteiger partial charge on any atom is -0.383 e. The lowest BCUT2D eigenvalue weighted by Gasteiger charge is -2.13. The molecular weight excluding hydrogens is 286 g/mol. The number of thioether (sulfide) groups is 1. The van der Waals surface area contributed by atoms with E-state index >= 15 is 0 Å². The quantitative estimate of drug-likeness (QED) is 0.503. The Balaban J connectivity index is 2.13. The third-order valence-electron chi connectivity index (χ3n) is 2.94. The van der Waals surface area contributed by atoms with Crippen molar-refractivity contribution in [1.82, 2.24) is 15.3 Å². The second-order valence-electron chi connectivity index (χ2n) is 4.64. The molecule has 0 spiro atoms. The number of methoxy groups -OCH3 is 1. The zero-order valence-corrected chi connectivity index (χ0v) is 13.2. The molecule has 0 aliphatic carbocycles. The zero-order chi connectivity index (χ0) is 15.2. The molecule has 1 N–H and O–H groups in total. The van der Waals surface area contributed by atoms with E-state index in [9.17, 15) is 4.79 Å². The summed E-state index contributed by atoms with van der Waals surface area (Å²) in [5.74, 6) is 0.695. The standard InChI is InChI=1S/C15H19N3O2S/c1-10(14(19)16-8-9-20-3)21-15-12-6-4-5-7-13(12)17-11(2)18-15/h4-7,10H,8-9H2,1-3H3,(H,16,19)/t10-/m0/s1. The van der Waals surface area contributed by atoms with Gasteiger partial charge in [0.15, 0.2) is 0 Å². The van der Waals surface area contributed by atoms with Gasteiger partial charge in [-0.05, 0) is 19.9 Å². The molecular formula is C15H19N3O2S. The molecule has 112 valence electrons. The number of nitrogens with zero attached hydrogens (tertiary/aromatic N) is 2. The van der Waals surface area contributed by atoms with Gasteiger partial charge in [-0.2, -0.15) is 0 Å². The van der Waals surface area contributed by atoms with Crippen LogP contribution >= 0.6 is 11.8 Å². The number of nitrogens with one attached hydrogen (secondary N) is 1. The van der Waals surface area contributed by atoms with Crippen molar-refractivity contribution in [3.63, 3.8) is 0 Å². The third kappa shape index (κ3) is 4.15. The number of aryl methyl sites for hydroxylation is 1. The van der Waals surface area contributed by atoms with Crippen molar-refractivity contribution in [2.45, 2.75) is 24.1 Å². The molecule has 1 atom stereocenters. The fourth-order valence-electron chi connectivity index (χ4n) is 1.89. The first kappa shape index (κ1) is 15.7. The molecule has 0 radical (unpaired) electrons. The van der Waals surface area contributed by atoms with E-state index in [1.165, 1.54) is 11.8 Å². The summed E-state index contributed by atoms with van der Waals surface area (Å²) in [5, 5.41) is 4.43. The summed E-state index contributed by atoms with van der Waals surface area (Å²) in [6, 6.07) is 7.84. The number of hydrogen-bond donors (Lipinski definition) is 1. The Labute approximate surface area is 128 Å². The van der Waals surface area contributed by atoms with Crippen LogP contribution in [0.1, 0.15) is 12.7 Å². The van der Waals surface area contributed by atoms with Gasteiger partial charge < -0.3 is 10.1 Å². The van der Waals surface area contributed by atoms with Crippen LogP contribution in [0.4, 0.5) is 0 Å². The highest BCUT2D eigenvalue weighted by atomic mass is 32.2. The number of rotatable bonds is 6. The number of para-hydroxylation sites is 1. The first-order valence-electron chi connectivity index (χ1n) is 6.78. The van der Waals surface area contributed by atoms with Crippen LogP contribution in [0, 0.1) is 6.92 Å². The van der Waals surface area contributed by atoms with Crippen LogP contribution in [-0.2, 0) is 9.53 Å². The molecule has 6 heteroatoms. The first-order chi connectivity index (χ1) is 10.1. The van der Waals surface area contributed by atoms with Crippen molar-refractivity contribution >= 4 is 28.6 Å². The fourth-order valence-corrected chi connectivity index (χ4v) is 2.90. The molecule has 0 aliphatic rings. The lowest BCUT2D eigenvalue weighted by Crippen LogP contribution is -2.33. The smallest absolute Gasteiger partial charge is 0.233 e. The van der Waals surface area contributed by atoms with Crippen molar-refractivity contribution < 1.29 is 9.53 Å². The van der Waals surface area contributed by atoms with E-state index in [1.807, 2.05) is 38.1 Å². The molecule has 1 heterocycles. The summed E-state index contributed by atoms with van der Waals surface area (Å²) >= 11 is 1.45. The van der Waals surface area contributed by atoms with Crippen molar-refractivity contribution in [2.75, 3.05) is 20.3 Å². The minimum atomic E-state index is -0.223. The average Bonchev–Trinajstić information content (AvgIpc) is 2.47. The largest absolute Gasteiger partial charge is 0.383 e. The number of amides is 1. The summed E-state index contributed by atoms with van der Waals surface area (Å²) in [4.78, 5) is 20.9. The molecule has 1 aromatic carbocycles. The molecule has 0 saturated heterocycles. The van der Waals surface area contributed by atoms with Gasteiger partial charge in [-0.3, -0.25) is 4.79 Å². The van der Waals surface area contributed by atoms with E-state index in [4.69, 9.17) is 4.74 Å². The Bertz CT molecular complexity index is 633. The molecule has 2 rings (SSSR count). The van der Waals surface area contributed by atoms with Gasteiger partial charge in [0.2, 0.25) is 5.91 Å². The minimum absolute atomic E-state index is 0.0163. The van der Waals surface area contributed by atoms with E-state index in [0.717, 1.165) is 15.9 Å². The monoisotopic (exact) mass is 305 g/mol. The van der Waals surface area contributed by atoms with Crippen molar-refractivity contribution in [3.8, 4) is 0 Å². The Morgan fingerprint density at radius 3 is 2.90 bits per heavy atom. The zero-order valence-electron chi connectivity index (χ0n) is 12.4. The Morgan fingerprint density at radius 2 is 2.14 bits per heavy atom. The molecule has 0 unspecified atom stereocenters. The van der Waals surface area contributed by atoms with Crippen LogP contribution in [-0.4, -0.2) is 41.4 Å². The highest BCUT2D eigenvalue weighted by Gasteiger charge is 2.16. The normalized spacial score (nSPS) is 12.3. The molecule has 0 aliphatic heterocycles. The topological polar surface area (TPSA) is 64.1 Å². The van der Waals surface area contributed by atoms with Crippen LogP contribution in [0.25, 0.3) is 10.9 Å². The van der Waals surface area contributed by atoms with Gasteiger partial charge >= 0.3 is 0 Å². The molecule has 5 nitrogen and oxygen atoms in total. The SMILES string of the molecule is COCCNC(=O)[C@H](C)Sc1nc(C)nc2ccccc12. The predicted octanol–water partition coefficient (Wildman–Crippen LogP) is 2.18. The number of carbonyl (C=O) groups is 1. The molecule has 0 saturated carbocycles. The lowest BCUT2D eigenvalue weighted by molar-refractivity contribution is -0.120. The molecule has 2 aromatic rings. The maximum absolute atomic E-state index is 12.0. The van der Waals surface area contributed by atoms with E-state index < -0.39 is 0 Å². The maximum Gasteiger partial charge on any atom is 0.233 e. The van der Waals surface area contributed by atoms with Gasteiger partial charge in [-0.15, -0.1) is 0 Å². The van der Waals surface area contributed by atoms with Gasteiger partial charge in [-0.1, -0.05) is 30.0 Å². The highest BCUT2D eigenvalue weighted by molar-refractivity contribution is 8.00. The number of hydrogen-bond acceptors (Lipinski definition) is 5. The van der Waals surface area contributed by atoms with Gasteiger partial charge in [0, 0.05) is 19.0 Å². The number of benzene rings is 1. The van der Waals surface area contributed by atoms with Gasteiger partial charge in [0.25, 0.3) is 0 Å². The van der Waals surface area contributed by atoms with Crippen molar-refractivity contribution in [3.05, 3.63) is 30.1 Å². The van der Waals surface area contributed by atoms with Crippen LogP contribution < -0.4 is 5.32 Å². The van der Waals surface area contributed by atoms with E-state index in [2.05, 4.69) is 15.3 Å². The fraction of sp³-hybridized carbons (Fsp3) is 0.400. The summed E-state index contributed by atoms with van der Waals surface area (Å²) in [6.45, 7) is 4.77. The molecule has 1 amide bonds. The number of carbonyl (C=O) groups excluding carboxylic acids is 1. The predicted molar refractivity (Wildman–Crippen MR) is 84.5 cm³/mol. The summed E-state index contributed by atoms with van der Waals surface area (Å²) < 4.78 is 4.92. The van der Waals surface area contributed by atoms with Gasteiger partial charge in [0.1, 0.15) is 10.9 Å². The number of fused-ring (bicyclic) bond motifs is 1. The third-order valence-corrected chi connectivity index (χ3v) is 4.05. The second-order valence-corrected chi connectivity index (χ2v) is 5.97. The van der Waals surface area contributed by atoms with Gasteiger partial charge in [0.05, 0.1) is 17.4 Å². The van der Waals surface area contributed by atoms with Gasteiger partial charge in [-0.25, -0.2) is 9.97 Å². The molecule has 0 fully saturated rings. The molecule has 21 heavy (non-hydrogen) atoms. The maximum atomic E-state index is 12.0. The second kappa shape index (κ2) is 7.38. The Kier molecular flexibility index (Phi) is 5.52. The van der Waals surface area contributed by atoms with Crippen LogP contribution in [0.2, 0.25) is 0 Å². The summed E-state index contributed by atoms with van der Waals surface area (Å²) in [7, 11) is 1.61. The first-order valence-corrected chi connectivity index (χ1v) is 7.66. The summed E-state index contributed by atoms with van der Waals surface area (Å²) in [6.07, 6.45) is 0. The van der Waals surface area contributed by atoms with E-state index in [0.29, 0.717) is 19.0 Å². The van der Waals surface area contributed by atoms with Crippen LogP contribution in [0.15, 0.2) is 29.3 Å².